The summed E-state index contributed by atoms with van der Waals surface area (Å²) in [6, 6.07) is 33.4. The summed E-state index contributed by atoms with van der Waals surface area (Å²) >= 11 is 0. The SMILES string of the molecule is C.OB(O)B(O)O.[2HH].c1ccc2c(c1)CCCN2.c1ccc2c(c1)CCCN2.c1ccc2ncccc2c1.c1cnc2c(c1)CCCC2. The van der Waals surface area contributed by atoms with Crippen LogP contribution in [0.2, 0.25) is 0 Å². The lowest BCUT2D eigenvalue weighted by molar-refractivity contribution is 0.368. The summed E-state index contributed by atoms with van der Waals surface area (Å²) in [6.07, 6.45) is 13.8. The molecule has 4 heterocycles. The van der Waals surface area contributed by atoms with Gasteiger partial charge in [0.15, 0.2) is 0 Å². The molecule has 0 radical (unpaired) electrons. The van der Waals surface area contributed by atoms with E-state index in [0.29, 0.717) is 0 Å². The van der Waals surface area contributed by atoms with Crippen LogP contribution in [-0.4, -0.2) is 57.2 Å². The molecule has 3 aliphatic rings. The van der Waals surface area contributed by atoms with Crippen molar-refractivity contribution in [2.45, 2.75) is 58.8 Å². The number of pyridine rings is 2. The maximum Gasteiger partial charge on any atom is 0.482 e. The van der Waals surface area contributed by atoms with Gasteiger partial charge in [-0.1, -0.05) is 74.2 Å². The Kier molecular flexibility index (Phi) is 16.5. The summed E-state index contributed by atoms with van der Waals surface area (Å²) < 4.78 is 0. The minimum atomic E-state index is -2.04. The molecule has 6 N–H and O–H groups in total. The average Bonchev–Trinajstić information content (AvgIpc) is 3.13. The molecule has 0 fully saturated rings. The Labute approximate surface area is 281 Å². The molecule has 0 saturated carbocycles. The largest absolute Gasteiger partial charge is 0.482 e. The Morgan fingerprint density at radius 3 is 1.55 bits per heavy atom. The van der Waals surface area contributed by atoms with Gasteiger partial charge in [0.05, 0.1) is 5.52 Å². The standard InChI is InChI=1S/3C9H11N.C9H7N.CH4.B2H4O4.H2/c4*1-2-6-9-8(4-1)5-3-7-10-9;;3-1(4)2(5)6;/h3,5,7H,1-2,4,6H2;2*1-2,4,6,10H,3,5,7H2;1-7H;1H4;3-6H;1H/i;;;;;;1+1. The molecule has 47 heavy (non-hydrogen) atoms. The van der Waals surface area contributed by atoms with Crippen LogP contribution in [0, 0.1) is 0 Å². The molecule has 0 amide bonds. The first-order chi connectivity index (χ1) is 22.5. The van der Waals surface area contributed by atoms with Crippen molar-refractivity contribution >= 4 is 36.3 Å². The van der Waals surface area contributed by atoms with E-state index in [0.717, 1.165) is 18.6 Å². The second-order valence-electron chi connectivity index (χ2n) is 11.2. The van der Waals surface area contributed by atoms with Gasteiger partial charge in [-0.15, -0.1) is 0 Å². The second kappa shape index (κ2) is 20.8. The summed E-state index contributed by atoms with van der Waals surface area (Å²) in [5.74, 6) is 0. The summed E-state index contributed by atoms with van der Waals surface area (Å²) in [6.45, 7) is 2.27. The number of para-hydroxylation sites is 3. The second-order valence-corrected chi connectivity index (χ2v) is 11.2. The number of aromatic nitrogens is 2. The lowest BCUT2D eigenvalue weighted by Gasteiger charge is -2.16. The highest BCUT2D eigenvalue weighted by molar-refractivity contribution is 7.07. The highest BCUT2D eigenvalue weighted by Gasteiger charge is 2.24. The highest BCUT2D eigenvalue weighted by atomic mass is 16.4. The van der Waals surface area contributed by atoms with E-state index in [9.17, 15) is 0 Å². The van der Waals surface area contributed by atoms with Crippen molar-refractivity contribution in [1.82, 2.24) is 9.97 Å². The van der Waals surface area contributed by atoms with Gasteiger partial charge < -0.3 is 30.7 Å². The Bertz CT molecular complexity index is 1340. The van der Waals surface area contributed by atoms with Gasteiger partial charge in [-0.2, -0.15) is 0 Å². The van der Waals surface area contributed by atoms with Gasteiger partial charge in [0.25, 0.3) is 0 Å². The maximum atomic E-state index is 7.69. The fraction of sp³-hybridized carbons (Fsp3) is 0.297. The molecule has 8 rings (SSSR count). The van der Waals surface area contributed by atoms with E-state index in [1.54, 1.807) is 0 Å². The number of fused-ring (bicyclic) bond motifs is 4. The number of nitrogens with one attached hydrogen (secondary N) is 2. The van der Waals surface area contributed by atoms with Crippen LogP contribution >= 0.6 is 0 Å². The van der Waals surface area contributed by atoms with E-state index >= 15 is 0 Å². The Hall–Kier alpha value is -4.21. The van der Waals surface area contributed by atoms with E-state index in [1.165, 1.54) is 90.5 Å². The third-order valence-corrected chi connectivity index (χ3v) is 7.78. The van der Waals surface area contributed by atoms with Crippen molar-refractivity contribution in [3.05, 3.63) is 132 Å². The highest BCUT2D eigenvalue weighted by Crippen LogP contribution is 2.21. The molecule has 0 spiro atoms. The molecular weight excluding hydrogens is 586 g/mol. The molecule has 1 aliphatic carbocycles. The smallest absolute Gasteiger partial charge is 0.429 e. The molecular formula is C37H50B2N4O4. The van der Waals surface area contributed by atoms with Gasteiger partial charge in [-0.25, -0.2) is 0 Å². The van der Waals surface area contributed by atoms with Crippen LogP contribution in [-0.2, 0) is 25.7 Å². The van der Waals surface area contributed by atoms with Crippen LogP contribution in [0.25, 0.3) is 10.9 Å². The fourth-order valence-corrected chi connectivity index (χ4v) is 5.37. The van der Waals surface area contributed by atoms with Gasteiger partial charge in [0, 0.05) is 49.4 Å². The van der Waals surface area contributed by atoms with Gasteiger partial charge in [-0.05, 0) is 98.4 Å². The minimum Gasteiger partial charge on any atom is -0.429 e. The topological polar surface area (TPSA) is 131 Å². The van der Waals surface area contributed by atoms with Gasteiger partial charge >= 0.3 is 14.0 Å². The quantitative estimate of drug-likeness (QED) is 0.120. The van der Waals surface area contributed by atoms with Crippen molar-refractivity contribution in [2.24, 2.45) is 0 Å². The van der Waals surface area contributed by atoms with E-state index in [-0.39, 0.29) is 8.85 Å². The van der Waals surface area contributed by atoms with Crippen LogP contribution < -0.4 is 10.6 Å². The molecule has 0 saturated heterocycles. The van der Waals surface area contributed by atoms with Crippen LogP contribution in [0.15, 0.2) is 109 Å². The van der Waals surface area contributed by atoms with Crippen molar-refractivity contribution in [3.63, 3.8) is 0 Å². The maximum absolute atomic E-state index is 7.69. The van der Waals surface area contributed by atoms with Gasteiger partial charge in [0.1, 0.15) is 0 Å². The van der Waals surface area contributed by atoms with Gasteiger partial charge in [0.2, 0.25) is 0 Å². The lowest BCUT2D eigenvalue weighted by Crippen LogP contribution is -2.35. The first kappa shape index (κ1) is 37.2. The van der Waals surface area contributed by atoms with Crippen molar-refractivity contribution in [3.8, 4) is 0 Å². The molecule has 0 bridgehead atoms. The first-order valence-corrected chi connectivity index (χ1v) is 16.1. The van der Waals surface area contributed by atoms with Gasteiger partial charge in [-0.3, -0.25) is 9.97 Å². The summed E-state index contributed by atoms with van der Waals surface area (Å²) in [4.78, 5) is 8.50. The number of rotatable bonds is 1. The molecule has 0 unspecified atom stereocenters. The van der Waals surface area contributed by atoms with Crippen LogP contribution in [0.1, 0.15) is 56.9 Å². The summed E-state index contributed by atoms with van der Waals surface area (Å²) in [5.41, 5.74) is 9.44. The average molecular weight is 637 g/mol. The van der Waals surface area contributed by atoms with E-state index < -0.39 is 14.0 Å². The molecule has 5 aromatic rings. The fourth-order valence-electron chi connectivity index (χ4n) is 5.37. The zero-order valence-corrected chi connectivity index (χ0v) is 26.3. The molecule has 3 aromatic carbocycles. The van der Waals surface area contributed by atoms with E-state index in [1.807, 2.05) is 42.7 Å². The molecule has 8 nitrogen and oxygen atoms in total. The number of nitrogens with zero attached hydrogens (tertiary/aromatic N) is 2. The molecule has 2 aromatic heterocycles. The molecule has 2 aliphatic heterocycles. The lowest BCUT2D eigenvalue weighted by atomic mass is 9.50. The summed E-state index contributed by atoms with van der Waals surface area (Å²) in [5, 5.41) is 38.7. The van der Waals surface area contributed by atoms with Crippen molar-refractivity contribution in [2.75, 3.05) is 23.7 Å². The Morgan fingerprint density at radius 2 is 0.979 bits per heavy atom. The van der Waals surface area contributed by atoms with E-state index in [4.69, 9.17) is 20.1 Å². The Balaban J connectivity index is 0.000000209. The first-order valence-electron chi connectivity index (χ1n) is 16.1. The number of hydrogen-bond acceptors (Lipinski definition) is 8. The third kappa shape index (κ3) is 12.8. The monoisotopic (exact) mass is 637 g/mol. The zero-order chi connectivity index (χ0) is 32.4. The van der Waals surface area contributed by atoms with Crippen molar-refractivity contribution in [1.29, 1.82) is 0 Å². The molecule has 10 heteroatoms. The minimum absolute atomic E-state index is 0. The summed E-state index contributed by atoms with van der Waals surface area (Å²) in [7, 11) is -4.07. The molecule has 0 atom stereocenters. The third-order valence-electron chi connectivity index (χ3n) is 7.78. The number of hydrogen-bond donors (Lipinski definition) is 6. The van der Waals surface area contributed by atoms with E-state index in [2.05, 4.69) is 87.3 Å². The number of aryl methyl sites for hydroxylation is 4. The predicted molar refractivity (Wildman–Crippen MR) is 198 cm³/mol. The van der Waals surface area contributed by atoms with Crippen LogP contribution in [0.4, 0.5) is 11.4 Å². The zero-order valence-electron chi connectivity index (χ0n) is 26.3. The normalized spacial score (nSPS) is 13.3. The van der Waals surface area contributed by atoms with Crippen molar-refractivity contribution < 1.29 is 21.5 Å². The number of anilines is 2. The molecule has 248 valence electrons. The number of benzene rings is 3. The predicted octanol–water partition coefficient (Wildman–Crippen LogP) is 6.18. The Morgan fingerprint density at radius 1 is 0.511 bits per heavy atom. The van der Waals surface area contributed by atoms with Crippen LogP contribution in [0.3, 0.4) is 0 Å². The van der Waals surface area contributed by atoms with Crippen LogP contribution in [0.5, 0.6) is 0 Å².